The lowest BCUT2D eigenvalue weighted by molar-refractivity contribution is 0.322. The molecule has 1 aromatic heterocycles. The van der Waals surface area contributed by atoms with Crippen LogP contribution < -0.4 is 5.73 Å². The SMILES string of the molecule is NCc1cnc(SCCO)nc1. The summed E-state index contributed by atoms with van der Waals surface area (Å²) in [6, 6.07) is 0. The van der Waals surface area contributed by atoms with Gasteiger partial charge in [-0.3, -0.25) is 0 Å². The van der Waals surface area contributed by atoms with Crippen LogP contribution in [0.15, 0.2) is 17.6 Å². The Hall–Kier alpha value is -0.650. The van der Waals surface area contributed by atoms with Crippen molar-refractivity contribution in [2.75, 3.05) is 12.4 Å². The van der Waals surface area contributed by atoms with Gasteiger partial charge >= 0.3 is 0 Å². The minimum atomic E-state index is 0.146. The van der Waals surface area contributed by atoms with E-state index >= 15 is 0 Å². The largest absolute Gasteiger partial charge is 0.396 e. The molecule has 0 radical (unpaired) electrons. The van der Waals surface area contributed by atoms with Gasteiger partial charge in [0.25, 0.3) is 0 Å². The molecule has 0 aliphatic heterocycles. The van der Waals surface area contributed by atoms with Gasteiger partial charge in [0.2, 0.25) is 0 Å². The number of nitrogens with two attached hydrogens (primary N) is 1. The van der Waals surface area contributed by atoms with Gasteiger partial charge in [0.15, 0.2) is 5.16 Å². The number of rotatable bonds is 4. The van der Waals surface area contributed by atoms with E-state index in [0.717, 1.165) is 5.56 Å². The normalized spacial score (nSPS) is 10.2. The van der Waals surface area contributed by atoms with Crippen molar-refractivity contribution in [2.45, 2.75) is 11.7 Å². The van der Waals surface area contributed by atoms with Crippen molar-refractivity contribution >= 4 is 11.8 Å². The second kappa shape index (κ2) is 5.08. The fourth-order valence-corrected chi connectivity index (χ4v) is 1.19. The highest BCUT2D eigenvalue weighted by Crippen LogP contribution is 2.10. The lowest BCUT2D eigenvalue weighted by Crippen LogP contribution is -1.99. The van der Waals surface area contributed by atoms with Crippen molar-refractivity contribution in [2.24, 2.45) is 5.73 Å². The molecule has 0 fully saturated rings. The summed E-state index contributed by atoms with van der Waals surface area (Å²) in [5.74, 6) is 0.627. The molecule has 0 amide bonds. The Kier molecular flexibility index (Phi) is 3.99. The van der Waals surface area contributed by atoms with E-state index in [2.05, 4.69) is 9.97 Å². The molecule has 0 bridgehead atoms. The van der Waals surface area contributed by atoms with Crippen molar-refractivity contribution < 1.29 is 5.11 Å². The van der Waals surface area contributed by atoms with E-state index in [1.54, 1.807) is 12.4 Å². The molecule has 1 heterocycles. The number of thioether (sulfide) groups is 1. The highest BCUT2D eigenvalue weighted by atomic mass is 32.2. The maximum Gasteiger partial charge on any atom is 0.187 e. The molecule has 3 N–H and O–H groups in total. The van der Waals surface area contributed by atoms with E-state index in [9.17, 15) is 0 Å². The zero-order chi connectivity index (χ0) is 8.81. The molecule has 12 heavy (non-hydrogen) atoms. The van der Waals surface area contributed by atoms with Gasteiger partial charge < -0.3 is 10.8 Å². The Morgan fingerprint density at radius 3 is 2.58 bits per heavy atom. The molecular weight excluding hydrogens is 174 g/mol. The van der Waals surface area contributed by atoms with Gasteiger partial charge in [-0.2, -0.15) is 0 Å². The molecule has 5 heteroatoms. The van der Waals surface area contributed by atoms with E-state index in [1.807, 2.05) is 0 Å². The van der Waals surface area contributed by atoms with Gasteiger partial charge in [-0.15, -0.1) is 0 Å². The van der Waals surface area contributed by atoms with Crippen LogP contribution in [-0.2, 0) is 6.54 Å². The van der Waals surface area contributed by atoms with Crippen LogP contribution in [-0.4, -0.2) is 27.4 Å². The molecule has 1 rings (SSSR count). The average Bonchev–Trinajstić information content (AvgIpc) is 2.15. The summed E-state index contributed by atoms with van der Waals surface area (Å²) in [7, 11) is 0. The molecular formula is C7H11N3OS. The third-order valence-electron chi connectivity index (χ3n) is 1.24. The minimum Gasteiger partial charge on any atom is -0.396 e. The summed E-state index contributed by atoms with van der Waals surface area (Å²) < 4.78 is 0. The predicted octanol–water partition coefficient (Wildman–Crippen LogP) is 0.0197. The number of hydrogen-bond acceptors (Lipinski definition) is 5. The fraction of sp³-hybridized carbons (Fsp3) is 0.429. The number of nitrogens with zero attached hydrogens (tertiary/aromatic N) is 2. The minimum absolute atomic E-state index is 0.146. The number of aromatic nitrogens is 2. The van der Waals surface area contributed by atoms with Crippen LogP contribution in [0.3, 0.4) is 0 Å². The van der Waals surface area contributed by atoms with E-state index < -0.39 is 0 Å². The second-order valence-corrected chi connectivity index (χ2v) is 3.21. The van der Waals surface area contributed by atoms with E-state index in [0.29, 0.717) is 17.5 Å². The van der Waals surface area contributed by atoms with Crippen LogP contribution in [0.25, 0.3) is 0 Å². The van der Waals surface area contributed by atoms with Gasteiger partial charge in [0.1, 0.15) is 0 Å². The quantitative estimate of drug-likeness (QED) is 0.511. The van der Waals surface area contributed by atoms with Gasteiger partial charge in [0.05, 0.1) is 6.61 Å². The monoisotopic (exact) mass is 185 g/mol. The first-order chi connectivity index (χ1) is 5.86. The maximum atomic E-state index is 8.53. The molecule has 1 aromatic rings. The van der Waals surface area contributed by atoms with Crippen molar-refractivity contribution in [3.63, 3.8) is 0 Å². The molecule has 4 nitrogen and oxygen atoms in total. The molecule has 0 saturated carbocycles. The summed E-state index contributed by atoms with van der Waals surface area (Å²) in [6.07, 6.45) is 3.40. The summed E-state index contributed by atoms with van der Waals surface area (Å²) in [6.45, 7) is 0.609. The first kappa shape index (κ1) is 9.44. The zero-order valence-electron chi connectivity index (χ0n) is 6.60. The molecule has 0 aliphatic carbocycles. The van der Waals surface area contributed by atoms with Crippen LogP contribution in [0.5, 0.6) is 0 Å². The van der Waals surface area contributed by atoms with Gasteiger partial charge in [-0.1, -0.05) is 11.8 Å². The highest BCUT2D eigenvalue weighted by molar-refractivity contribution is 7.99. The van der Waals surface area contributed by atoms with Gasteiger partial charge in [-0.25, -0.2) is 9.97 Å². The molecule has 0 aromatic carbocycles. The van der Waals surface area contributed by atoms with E-state index in [4.69, 9.17) is 10.8 Å². The number of hydrogen-bond donors (Lipinski definition) is 2. The van der Waals surface area contributed by atoms with Crippen LogP contribution >= 0.6 is 11.8 Å². The Labute approximate surface area is 75.2 Å². The van der Waals surface area contributed by atoms with E-state index in [-0.39, 0.29) is 6.61 Å². The maximum absolute atomic E-state index is 8.53. The lowest BCUT2D eigenvalue weighted by atomic mass is 10.4. The van der Waals surface area contributed by atoms with Crippen molar-refractivity contribution in [3.8, 4) is 0 Å². The Morgan fingerprint density at radius 2 is 2.08 bits per heavy atom. The molecule has 66 valence electrons. The molecule has 0 saturated heterocycles. The fourth-order valence-electron chi connectivity index (χ4n) is 0.660. The van der Waals surface area contributed by atoms with Crippen LogP contribution in [0.2, 0.25) is 0 Å². The Morgan fingerprint density at radius 1 is 1.42 bits per heavy atom. The predicted molar refractivity (Wildman–Crippen MR) is 47.7 cm³/mol. The standard InChI is InChI=1S/C7H11N3OS/c8-3-6-4-9-7(10-5-6)12-2-1-11/h4-5,11H,1-3,8H2. The van der Waals surface area contributed by atoms with Crippen molar-refractivity contribution in [3.05, 3.63) is 18.0 Å². The molecule has 0 atom stereocenters. The topological polar surface area (TPSA) is 72.0 Å². The summed E-state index contributed by atoms with van der Waals surface area (Å²) in [5, 5.41) is 9.21. The smallest absolute Gasteiger partial charge is 0.187 e. The molecule has 0 spiro atoms. The summed E-state index contributed by atoms with van der Waals surface area (Å²) >= 11 is 1.43. The average molecular weight is 185 g/mol. The first-order valence-electron chi connectivity index (χ1n) is 3.61. The van der Waals surface area contributed by atoms with Crippen LogP contribution in [0.4, 0.5) is 0 Å². The van der Waals surface area contributed by atoms with Crippen molar-refractivity contribution in [1.82, 2.24) is 9.97 Å². The molecule has 0 unspecified atom stereocenters. The highest BCUT2D eigenvalue weighted by Gasteiger charge is 1.96. The lowest BCUT2D eigenvalue weighted by Gasteiger charge is -1.98. The Balaban J connectivity index is 2.53. The Bertz CT molecular complexity index is 227. The van der Waals surface area contributed by atoms with Crippen molar-refractivity contribution in [1.29, 1.82) is 0 Å². The summed E-state index contributed by atoms with van der Waals surface area (Å²) in [4.78, 5) is 8.10. The first-order valence-corrected chi connectivity index (χ1v) is 4.60. The number of aliphatic hydroxyl groups excluding tert-OH is 1. The third kappa shape index (κ3) is 2.77. The van der Waals surface area contributed by atoms with Gasteiger partial charge in [0, 0.05) is 30.3 Å². The van der Waals surface area contributed by atoms with Crippen LogP contribution in [0.1, 0.15) is 5.56 Å². The van der Waals surface area contributed by atoms with Gasteiger partial charge in [-0.05, 0) is 0 Å². The molecule has 0 aliphatic rings. The number of aliphatic hydroxyl groups is 1. The summed E-state index contributed by atoms with van der Waals surface area (Å²) in [5.41, 5.74) is 6.29. The van der Waals surface area contributed by atoms with Crippen LogP contribution in [0, 0.1) is 0 Å². The third-order valence-corrected chi connectivity index (χ3v) is 2.10. The second-order valence-electron chi connectivity index (χ2n) is 2.15. The zero-order valence-corrected chi connectivity index (χ0v) is 7.42. The van der Waals surface area contributed by atoms with E-state index in [1.165, 1.54) is 11.8 Å².